The highest BCUT2D eigenvalue weighted by Gasteiger charge is 2.34. The van der Waals surface area contributed by atoms with Crippen molar-refractivity contribution < 1.29 is 17.9 Å². The molecule has 0 aliphatic carbocycles. The number of allylic oxidation sites excluding steroid dienone is 1. The summed E-state index contributed by atoms with van der Waals surface area (Å²) in [7, 11) is 1.22. The molecule has 0 amide bonds. The van der Waals surface area contributed by atoms with Crippen LogP contribution in [0.5, 0.6) is 5.75 Å². The molecule has 0 aliphatic rings. The van der Waals surface area contributed by atoms with E-state index >= 15 is 0 Å². The molecule has 4 heteroatoms. The molecule has 0 N–H and O–H groups in total. The number of hydrogen-bond acceptors (Lipinski definition) is 1. The lowest BCUT2D eigenvalue weighted by Gasteiger charge is -2.12. The fraction of sp³-hybridized carbons (Fsp3) is 0.273. The Kier molecular flexibility index (Phi) is 3.39. The average Bonchev–Trinajstić information content (AvgIpc) is 2.17. The van der Waals surface area contributed by atoms with Gasteiger partial charge in [-0.3, -0.25) is 0 Å². The second kappa shape index (κ2) is 4.38. The minimum atomic E-state index is -4.39. The molecule has 0 bridgehead atoms. The summed E-state index contributed by atoms with van der Waals surface area (Å²) in [4.78, 5) is 0. The predicted octanol–water partition coefficient (Wildman–Crippen LogP) is 3.44. The molecule has 0 aromatic heterocycles. The van der Waals surface area contributed by atoms with E-state index in [1.807, 2.05) is 0 Å². The number of benzene rings is 1. The van der Waals surface area contributed by atoms with Gasteiger partial charge in [-0.05, 0) is 24.1 Å². The minimum Gasteiger partial charge on any atom is -0.496 e. The SMILES string of the molecule is C=CCc1ccc(OC)c(C(F)(F)F)c1. The quantitative estimate of drug-likeness (QED) is 0.703. The van der Waals surface area contributed by atoms with Crippen LogP contribution in [0.15, 0.2) is 30.9 Å². The second-order valence-corrected chi connectivity index (χ2v) is 3.03. The lowest BCUT2D eigenvalue weighted by molar-refractivity contribution is -0.138. The van der Waals surface area contributed by atoms with Crippen molar-refractivity contribution in [1.82, 2.24) is 0 Å². The van der Waals surface area contributed by atoms with Crippen molar-refractivity contribution in [2.45, 2.75) is 12.6 Å². The number of rotatable bonds is 3. The van der Waals surface area contributed by atoms with Gasteiger partial charge in [-0.15, -0.1) is 6.58 Å². The molecule has 0 fully saturated rings. The first-order chi connectivity index (χ1) is 6.99. The van der Waals surface area contributed by atoms with Gasteiger partial charge in [0.15, 0.2) is 0 Å². The third-order valence-corrected chi connectivity index (χ3v) is 1.95. The highest BCUT2D eigenvalue weighted by Crippen LogP contribution is 2.36. The van der Waals surface area contributed by atoms with Gasteiger partial charge in [0.25, 0.3) is 0 Å². The van der Waals surface area contributed by atoms with Gasteiger partial charge in [-0.25, -0.2) is 0 Å². The second-order valence-electron chi connectivity index (χ2n) is 3.03. The van der Waals surface area contributed by atoms with Crippen LogP contribution in [0.1, 0.15) is 11.1 Å². The van der Waals surface area contributed by atoms with Gasteiger partial charge in [0.2, 0.25) is 0 Å². The van der Waals surface area contributed by atoms with Gasteiger partial charge in [-0.2, -0.15) is 13.2 Å². The predicted molar refractivity (Wildman–Crippen MR) is 51.9 cm³/mol. The van der Waals surface area contributed by atoms with Gasteiger partial charge in [0.1, 0.15) is 5.75 Å². The van der Waals surface area contributed by atoms with Crippen molar-refractivity contribution in [3.8, 4) is 5.75 Å². The van der Waals surface area contributed by atoms with E-state index in [2.05, 4.69) is 11.3 Å². The molecular formula is C11H11F3O. The van der Waals surface area contributed by atoms with Crippen molar-refractivity contribution in [3.63, 3.8) is 0 Å². The molecule has 82 valence electrons. The van der Waals surface area contributed by atoms with Crippen LogP contribution >= 0.6 is 0 Å². The average molecular weight is 216 g/mol. The Morgan fingerprint density at radius 1 is 1.40 bits per heavy atom. The largest absolute Gasteiger partial charge is 0.496 e. The Labute approximate surface area is 86.2 Å². The number of alkyl halides is 3. The van der Waals surface area contributed by atoms with E-state index < -0.39 is 11.7 Å². The van der Waals surface area contributed by atoms with E-state index in [0.29, 0.717) is 12.0 Å². The molecule has 1 rings (SSSR count). The lowest BCUT2D eigenvalue weighted by Crippen LogP contribution is -2.08. The summed E-state index contributed by atoms with van der Waals surface area (Å²) in [6.07, 6.45) is -2.42. The zero-order valence-corrected chi connectivity index (χ0v) is 8.27. The normalized spacial score (nSPS) is 11.2. The highest BCUT2D eigenvalue weighted by atomic mass is 19.4. The number of halogens is 3. The summed E-state index contributed by atoms with van der Waals surface area (Å²) < 4.78 is 42.3. The van der Waals surface area contributed by atoms with Gasteiger partial charge in [0.05, 0.1) is 12.7 Å². The molecule has 0 unspecified atom stereocenters. The standard InChI is InChI=1S/C11H11F3O/c1-3-4-8-5-6-10(15-2)9(7-8)11(12,13)14/h3,5-7H,1,4H2,2H3. The van der Waals surface area contributed by atoms with E-state index in [-0.39, 0.29) is 5.75 Å². The summed E-state index contributed by atoms with van der Waals surface area (Å²) in [5.41, 5.74) is -0.178. The van der Waals surface area contributed by atoms with Gasteiger partial charge in [0, 0.05) is 0 Å². The van der Waals surface area contributed by atoms with Gasteiger partial charge < -0.3 is 4.74 Å². The maximum Gasteiger partial charge on any atom is 0.419 e. The fourth-order valence-corrected chi connectivity index (χ4v) is 1.27. The van der Waals surface area contributed by atoms with E-state index in [9.17, 15) is 13.2 Å². The van der Waals surface area contributed by atoms with Crippen LogP contribution < -0.4 is 4.74 Å². The molecule has 0 aliphatic heterocycles. The zero-order valence-electron chi connectivity index (χ0n) is 8.27. The van der Waals surface area contributed by atoms with E-state index in [1.54, 1.807) is 12.1 Å². The molecular weight excluding hydrogens is 205 g/mol. The van der Waals surface area contributed by atoms with Crippen LogP contribution in [0.4, 0.5) is 13.2 Å². The molecule has 0 saturated carbocycles. The number of hydrogen-bond donors (Lipinski definition) is 0. The van der Waals surface area contributed by atoms with Crippen LogP contribution in [0.2, 0.25) is 0 Å². The van der Waals surface area contributed by atoms with E-state index in [0.717, 1.165) is 6.07 Å². The Hall–Kier alpha value is -1.45. The maximum atomic E-state index is 12.5. The third-order valence-electron chi connectivity index (χ3n) is 1.95. The van der Waals surface area contributed by atoms with E-state index in [4.69, 9.17) is 0 Å². The first kappa shape index (κ1) is 11.6. The maximum absolute atomic E-state index is 12.5. The molecule has 0 atom stereocenters. The molecule has 1 aromatic carbocycles. The van der Waals surface area contributed by atoms with Crippen molar-refractivity contribution in [3.05, 3.63) is 42.0 Å². The Morgan fingerprint density at radius 2 is 2.07 bits per heavy atom. The van der Waals surface area contributed by atoms with Crippen molar-refractivity contribution >= 4 is 0 Å². The van der Waals surface area contributed by atoms with Crippen LogP contribution in [0.3, 0.4) is 0 Å². The molecule has 0 spiro atoms. The topological polar surface area (TPSA) is 9.23 Å². The molecule has 0 heterocycles. The summed E-state index contributed by atoms with van der Waals surface area (Å²) in [5.74, 6) is -0.157. The fourth-order valence-electron chi connectivity index (χ4n) is 1.27. The molecule has 1 aromatic rings. The van der Waals surface area contributed by atoms with Crippen LogP contribution in [-0.4, -0.2) is 7.11 Å². The number of methoxy groups -OCH3 is 1. The monoisotopic (exact) mass is 216 g/mol. The Morgan fingerprint density at radius 3 is 2.53 bits per heavy atom. The van der Waals surface area contributed by atoms with E-state index in [1.165, 1.54) is 13.2 Å². The minimum absolute atomic E-state index is 0.157. The van der Waals surface area contributed by atoms with Crippen molar-refractivity contribution in [2.24, 2.45) is 0 Å². The first-order valence-corrected chi connectivity index (χ1v) is 4.34. The van der Waals surface area contributed by atoms with Crippen LogP contribution in [0.25, 0.3) is 0 Å². The number of ether oxygens (including phenoxy) is 1. The molecule has 0 saturated heterocycles. The summed E-state index contributed by atoms with van der Waals surface area (Å²) >= 11 is 0. The molecule has 0 radical (unpaired) electrons. The third kappa shape index (κ3) is 2.75. The smallest absolute Gasteiger partial charge is 0.419 e. The Bertz CT molecular complexity index is 355. The van der Waals surface area contributed by atoms with Gasteiger partial charge in [-0.1, -0.05) is 12.1 Å². The van der Waals surface area contributed by atoms with Crippen molar-refractivity contribution in [2.75, 3.05) is 7.11 Å². The van der Waals surface area contributed by atoms with Crippen LogP contribution in [0, 0.1) is 0 Å². The van der Waals surface area contributed by atoms with Crippen molar-refractivity contribution in [1.29, 1.82) is 0 Å². The molecule has 15 heavy (non-hydrogen) atoms. The summed E-state index contributed by atoms with van der Waals surface area (Å²) in [6, 6.07) is 4.00. The highest BCUT2D eigenvalue weighted by molar-refractivity contribution is 5.39. The van der Waals surface area contributed by atoms with Gasteiger partial charge >= 0.3 is 6.18 Å². The Balaban J connectivity index is 3.19. The first-order valence-electron chi connectivity index (χ1n) is 4.34. The van der Waals surface area contributed by atoms with Crippen LogP contribution in [-0.2, 0) is 12.6 Å². The zero-order chi connectivity index (χ0) is 11.5. The molecule has 1 nitrogen and oxygen atoms in total. The summed E-state index contributed by atoms with van der Waals surface area (Å²) in [5, 5.41) is 0. The summed E-state index contributed by atoms with van der Waals surface area (Å²) in [6.45, 7) is 3.48. The lowest BCUT2D eigenvalue weighted by atomic mass is 10.1.